The maximum absolute atomic E-state index is 12.8. The molecule has 3 heteroatoms. The van der Waals surface area contributed by atoms with Crippen LogP contribution in [0.2, 0.25) is 0 Å². The Morgan fingerprint density at radius 2 is 2.18 bits per heavy atom. The summed E-state index contributed by atoms with van der Waals surface area (Å²) in [6, 6.07) is 2.82. The monoisotopic (exact) mass is 154 g/mol. The number of phenols is 1. The molecule has 0 aliphatic rings. The van der Waals surface area contributed by atoms with Crippen LogP contribution in [-0.2, 0) is 0 Å². The number of hydrogen-bond acceptors (Lipinski definition) is 2. The number of benzene rings is 1. The minimum Gasteiger partial charge on any atom is -0.505 e. The third kappa shape index (κ3) is 1.22. The maximum Gasteiger partial charge on any atom is 0.175 e. The van der Waals surface area contributed by atoms with E-state index in [1.54, 1.807) is 6.92 Å². The Balaban J connectivity index is 3.36. The first kappa shape index (κ1) is 7.72. The number of carbonyl (C=O) groups excluding carboxylic acids is 1. The van der Waals surface area contributed by atoms with Crippen LogP contribution in [0.4, 0.5) is 4.39 Å². The lowest BCUT2D eigenvalue weighted by molar-refractivity contribution is 0.111. The summed E-state index contributed by atoms with van der Waals surface area (Å²) in [5.74, 6) is -1.30. The van der Waals surface area contributed by atoms with E-state index >= 15 is 0 Å². The van der Waals surface area contributed by atoms with Crippen LogP contribution >= 0.6 is 0 Å². The molecule has 1 aromatic carbocycles. The maximum atomic E-state index is 12.8. The normalized spacial score (nSPS) is 9.64. The molecule has 1 rings (SSSR count). The molecule has 0 amide bonds. The summed E-state index contributed by atoms with van der Waals surface area (Å²) < 4.78 is 12.8. The first-order chi connectivity index (χ1) is 5.16. The number of carbonyl (C=O) groups is 1. The van der Waals surface area contributed by atoms with E-state index in [-0.39, 0.29) is 5.56 Å². The zero-order valence-electron chi connectivity index (χ0n) is 5.97. The second-order valence-electron chi connectivity index (χ2n) is 2.25. The molecule has 0 aliphatic heterocycles. The van der Waals surface area contributed by atoms with Gasteiger partial charge in [0.15, 0.2) is 17.9 Å². The van der Waals surface area contributed by atoms with Gasteiger partial charge in [-0.1, -0.05) is 6.07 Å². The third-order valence-corrected chi connectivity index (χ3v) is 1.47. The van der Waals surface area contributed by atoms with Gasteiger partial charge in [-0.2, -0.15) is 0 Å². The van der Waals surface area contributed by atoms with Gasteiger partial charge < -0.3 is 5.11 Å². The zero-order chi connectivity index (χ0) is 8.43. The quantitative estimate of drug-likeness (QED) is 0.624. The van der Waals surface area contributed by atoms with Crippen LogP contribution in [0.25, 0.3) is 0 Å². The minimum absolute atomic E-state index is 0.117. The molecule has 0 bridgehead atoms. The molecular formula is C8H7FO2. The lowest BCUT2D eigenvalue weighted by atomic mass is 10.1. The molecule has 2 nitrogen and oxygen atoms in total. The SMILES string of the molecule is Cc1ccc(C=O)c(F)c1O. The van der Waals surface area contributed by atoms with Crippen molar-refractivity contribution in [3.63, 3.8) is 0 Å². The summed E-state index contributed by atoms with van der Waals surface area (Å²) in [7, 11) is 0. The van der Waals surface area contributed by atoms with Crippen LogP contribution in [0.5, 0.6) is 5.75 Å². The van der Waals surface area contributed by atoms with Crippen LogP contribution < -0.4 is 0 Å². The molecule has 0 saturated heterocycles. The fraction of sp³-hybridized carbons (Fsp3) is 0.125. The second kappa shape index (κ2) is 2.70. The number of aldehydes is 1. The highest BCUT2D eigenvalue weighted by Gasteiger charge is 2.07. The summed E-state index contributed by atoms with van der Waals surface area (Å²) in [5.41, 5.74) is 0.307. The third-order valence-electron chi connectivity index (χ3n) is 1.47. The summed E-state index contributed by atoms with van der Waals surface area (Å²) in [4.78, 5) is 10.1. The van der Waals surface area contributed by atoms with Crippen LogP contribution in [-0.4, -0.2) is 11.4 Å². The summed E-state index contributed by atoms with van der Waals surface area (Å²) >= 11 is 0. The molecule has 0 aliphatic carbocycles. The van der Waals surface area contributed by atoms with Crippen molar-refractivity contribution < 1.29 is 14.3 Å². The van der Waals surface area contributed by atoms with E-state index in [0.717, 1.165) is 0 Å². The Hall–Kier alpha value is -1.38. The van der Waals surface area contributed by atoms with Crippen molar-refractivity contribution in [2.75, 3.05) is 0 Å². The van der Waals surface area contributed by atoms with Crippen molar-refractivity contribution in [2.24, 2.45) is 0 Å². The van der Waals surface area contributed by atoms with Gasteiger partial charge >= 0.3 is 0 Å². The average Bonchev–Trinajstić information content (AvgIpc) is 2.01. The Labute approximate surface area is 63.3 Å². The highest BCUT2D eigenvalue weighted by molar-refractivity contribution is 5.76. The molecule has 0 unspecified atom stereocenters. The van der Waals surface area contributed by atoms with Crippen molar-refractivity contribution in [1.29, 1.82) is 0 Å². The fourth-order valence-electron chi connectivity index (χ4n) is 0.768. The Kier molecular flexibility index (Phi) is 1.89. The molecule has 1 aromatic rings. The Morgan fingerprint density at radius 3 is 2.73 bits per heavy atom. The minimum atomic E-state index is -0.847. The van der Waals surface area contributed by atoms with Crippen molar-refractivity contribution in [3.8, 4) is 5.75 Å². The van der Waals surface area contributed by atoms with Crippen LogP contribution in [0.15, 0.2) is 12.1 Å². The van der Waals surface area contributed by atoms with Crippen molar-refractivity contribution in [1.82, 2.24) is 0 Å². The number of phenolic OH excluding ortho intramolecular Hbond substituents is 1. The van der Waals surface area contributed by atoms with Gasteiger partial charge in [0.1, 0.15) is 0 Å². The van der Waals surface area contributed by atoms with Gasteiger partial charge in [-0.05, 0) is 18.6 Å². The molecule has 58 valence electrons. The lowest BCUT2D eigenvalue weighted by Gasteiger charge is -2.00. The van der Waals surface area contributed by atoms with Crippen molar-refractivity contribution in [3.05, 3.63) is 29.1 Å². The van der Waals surface area contributed by atoms with Gasteiger partial charge in [0, 0.05) is 0 Å². The van der Waals surface area contributed by atoms with Crippen LogP contribution in [0, 0.1) is 12.7 Å². The summed E-state index contributed by atoms with van der Waals surface area (Å²) in [6.45, 7) is 1.56. The smallest absolute Gasteiger partial charge is 0.175 e. The topological polar surface area (TPSA) is 37.3 Å². The van der Waals surface area contributed by atoms with E-state index in [0.29, 0.717) is 11.8 Å². The first-order valence-corrected chi connectivity index (χ1v) is 3.10. The fourth-order valence-corrected chi connectivity index (χ4v) is 0.768. The van der Waals surface area contributed by atoms with Crippen molar-refractivity contribution >= 4 is 6.29 Å². The van der Waals surface area contributed by atoms with Gasteiger partial charge in [-0.15, -0.1) is 0 Å². The predicted octanol–water partition coefficient (Wildman–Crippen LogP) is 1.65. The Bertz CT molecular complexity index is 294. The second-order valence-corrected chi connectivity index (χ2v) is 2.25. The van der Waals surface area contributed by atoms with Crippen LogP contribution in [0.3, 0.4) is 0 Å². The number of hydrogen-bond donors (Lipinski definition) is 1. The van der Waals surface area contributed by atoms with Crippen molar-refractivity contribution in [2.45, 2.75) is 6.92 Å². The van der Waals surface area contributed by atoms with E-state index in [2.05, 4.69) is 0 Å². The summed E-state index contributed by atoms with van der Waals surface area (Å²) in [6.07, 6.45) is 0.370. The first-order valence-electron chi connectivity index (χ1n) is 3.10. The molecule has 0 saturated carbocycles. The van der Waals surface area contributed by atoms with E-state index in [1.807, 2.05) is 0 Å². The molecule has 0 heterocycles. The number of rotatable bonds is 1. The van der Waals surface area contributed by atoms with Gasteiger partial charge in [0.25, 0.3) is 0 Å². The molecule has 0 fully saturated rings. The van der Waals surface area contributed by atoms with Gasteiger partial charge in [-0.25, -0.2) is 4.39 Å². The van der Waals surface area contributed by atoms with E-state index in [9.17, 15) is 9.18 Å². The highest BCUT2D eigenvalue weighted by atomic mass is 19.1. The molecular weight excluding hydrogens is 147 g/mol. The van der Waals surface area contributed by atoms with Crippen LogP contribution in [0.1, 0.15) is 15.9 Å². The predicted molar refractivity (Wildman–Crippen MR) is 38.2 cm³/mol. The lowest BCUT2D eigenvalue weighted by Crippen LogP contribution is -1.89. The average molecular weight is 154 g/mol. The number of aryl methyl sites for hydroxylation is 1. The molecule has 11 heavy (non-hydrogen) atoms. The molecule has 0 aromatic heterocycles. The van der Waals surface area contributed by atoms with Gasteiger partial charge in [0.2, 0.25) is 0 Å². The Morgan fingerprint density at radius 1 is 1.55 bits per heavy atom. The molecule has 0 spiro atoms. The van der Waals surface area contributed by atoms with E-state index in [1.165, 1.54) is 12.1 Å². The standard InChI is InChI=1S/C8H7FO2/c1-5-2-3-6(4-10)7(9)8(5)11/h2-4,11H,1H3. The largest absolute Gasteiger partial charge is 0.505 e. The zero-order valence-corrected chi connectivity index (χ0v) is 5.97. The molecule has 0 atom stereocenters. The van der Waals surface area contributed by atoms with Gasteiger partial charge in [-0.3, -0.25) is 4.79 Å². The number of halogens is 1. The molecule has 0 radical (unpaired) electrons. The van der Waals surface area contributed by atoms with Gasteiger partial charge in [0.05, 0.1) is 5.56 Å². The van der Waals surface area contributed by atoms with E-state index in [4.69, 9.17) is 5.11 Å². The number of aromatic hydroxyl groups is 1. The summed E-state index contributed by atoms with van der Waals surface area (Å²) in [5, 5.41) is 8.98. The molecule has 1 N–H and O–H groups in total. The van der Waals surface area contributed by atoms with E-state index < -0.39 is 11.6 Å². The highest BCUT2D eigenvalue weighted by Crippen LogP contribution is 2.22.